The molecule has 1 aromatic carbocycles. The molecule has 1 aromatic heterocycles. The van der Waals surface area contributed by atoms with Gasteiger partial charge in [-0.3, -0.25) is 9.78 Å². The fraction of sp³-hybridized carbons (Fsp3) is 0.312. The molecule has 21 heavy (non-hydrogen) atoms. The number of benzene rings is 1. The van der Waals surface area contributed by atoms with Crippen LogP contribution in [0.2, 0.25) is 0 Å². The van der Waals surface area contributed by atoms with E-state index < -0.39 is 12.0 Å². The van der Waals surface area contributed by atoms with Crippen molar-refractivity contribution in [1.82, 2.24) is 10.3 Å². The molecule has 0 bridgehead atoms. The number of nitrogens with one attached hydrogen (secondary N) is 1. The Labute approximate surface area is 123 Å². The number of nitrogens with zero attached hydrogens (tertiary/aromatic N) is 1. The van der Waals surface area contributed by atoms with Crippen molar-refractivity contribution in [1.29, 1.82) is 0 Å². The first kappa shape index (κ1) is 15.0. The highest BCUT2D eigenvalue weighted by atomic mass is 16.4. The predicted molar refractivity (Wildman–Crippen MR) is 80.1 cm³/mol. The van der Waals surface area contributed by atoms with Crippen LogP contribution >= 0.6 is 0 Å². The molecule has 2 atom stereocenters. The van der Waals surface area contributed by atoms with Crippen LogP contribution in [0.25, 0.3) is 10.9 Å². The van der Waals surface area contributed by atoms with E-state index in [1.54, 1.807) is 30.5 Å². The lowest BCUT2D eigenvalue weighted by Gasteiger charge is -2.20. The number of carbonyl (C=O) groups excluding carboxylic acids is 1. The molecule has 0 saturated carbocycles. The summed E-state index contributed by atoms with van der Waals surface area (Å²) in [5, 5.41) is 12.7. The summed E-state index contributed by atoms with van der Waals surface area (Å²) in [5.41, 5.74) is 1.23. The first-order valence-corrected chi connectivity index (χ1v) is 6.91. The number of pyridine rings is 1. The van der Waals surface area contributed by atoms with Crippen LogP contribution in [-0.2, 0) is 4.79 Å². The molecule has 110 valence electrons. The number of aliphatic carboxylic acids is 1. The zero-order chi connectivity index (χ0) is 15.4. The maximum absolute atomic E-state index is 12.2. The van der Waals surface area contributed by atoms with Gasteiger partial charge in [-0.25, -0.2) is 4.79 Å². The van der Waals surface area contributed by atoms with Gasteiger partial charge in [-0.2, -0.15) is 0 Å². The van der Waals surface area contributed by atoms with Gasteiger partial charge in [0.2, 0.25) is 0 Å². The number of aromatic nitrogens is 1. The minimum atomic E-state index is -1.01. The number of rotatable bonds is 5. The Hall–Kier alpha value is -2.43. The quantitative estimate of drug-likeness (QED) is 0.885. The van der Waals surface area contributed by atoms with Gasteiger partial charge in [-0.05, 0) is 30.2 Å². The summed E-state index contributed by atoms with van der Waals surface area (Å²) in [6, 6.07) is 7.90. The van der Waals surface area contributed by atoms with Crippen molar-refractivity contribution in [3.05, 3.63) is 42.1 Å². The largest absolute Gasteiger partial charge is 0.480 e. The van der Waals surface area contributed by atoms with Crippen LogP contribution in [0, 0.1) is 5.92 Å². The van der Waals surface area contributed by atoms with E-state index in [-0.39, 0.29) is 11.8 Å². The molecule has 2 N–H and O–H groups in total. The average Bonchev–Trinajstić information content (AvgIpc) is 2.50. The van der Waals surface area contributed by atoms with E-state index >= 15 is 0 Å². The number of carboxylic acids is 1. The molecule has 2 rings (SSSR count). The van der Waals surface area contributed by atoms with Crippen molar-refractivity contribution in [3.8, 4) is 0 Å². The van der Waals surface area contributed by atoms with Gasteiger partial charge in [-0.1, -0.05) is 26.3 Å². The number of fused-ring (bicyclic) bond motifs is 1. The third-order valence-electron chi connectivity index (χ3n) is 3.63. The lowest BCUT2D eigenvalue weighted by molar-refractivity contribution is -0.140. The van der Waals surface area contributed by atoms with E-state index in [1.165, 1.54) is 0 Å². The number of amides is 1. The van der Waals surface area contributed by atoms with Crippen molar-refractivity contribution in [2.75, 3.05) is 0 Å². The monoisotopic (exact) mass is 286 g/mol. The highest BCUT2D eigenvalue weighted by Gasteiger charge is 2.25. The summed E-state index contributed by atoms with van der Waals surface area (Å²) in [6.07, 6.45) is 2.37. The van der Waals surface area contributed by atoms with Crippen molar-refractivity contribution >= 4 is 22.8 Å². The van der Waals surface area contributed by atoms with E-state index in [1.807, 2.05) is 19.9 Å². The Morgan fingerprint density at radius 1 is 1.33 bits per heavy atom. The van der Waals surface area contributed by atoms with Crippen LogP contribution in [-0.4, -0.2) is 28.0 Å². The van der Waals surface area contributed by atoms with E-state index in [0.717, 1.165) is 10.9 Å². The molecule has 2 aromatic rings. The SMILES string of the molecule is CCC(C)C(NC(=O)c1ccc2ncccc2c1)C(=O)O. The maximum atomic E-state index is 12.2. The highest BCUT2D eigenvalue weighted by Crippen LogP contribution is 2.14. The zero-order valence-electron chi connectivity index (χ0n) is 12.0. The van der Waals surface area contributed by atoms with E-state index in [0.29, 0.717) is 12.0 Å². The topological polar surface area (TPSA) is 79.3 Å². The lowest BCUT2D eigenvalue weighted by atomic mass is 9.99. The van der Waals surface area contributed by atoms with Crippen LogP contribution in [0.15, 0.2) is 36.5 Å². The normalized spacial score (nSPS) is 13.6. The van der Waals surface area contributed by atoms with Crippen molar-refractivity contribution in [3.63, 3.8) is 0 Å². The van der Waals surface area contributed by atoms with E-state index in [2.05, 4.69) is 10.3 Å². The van der Waals surface area contributed by atoms with Gasteiger partial charge < -0.3 is 10.4 Å². The summed E-state index contributed by atoms with van der Waals surface area (Å²) in [5.74, 6) is -1.53. The number of carbonyl (C=O) groups is 2. The van der Waals surface area contributed by atoms with Crippen LogP contribution in [0.3, 0.4) is 0 Å². The minimum absolute atomic E-state index is 0.131. The standard InChI is InChI=1S/C16H18N2O3/c1-3-10(2)14(16(20)21)18-15(19)12-6-7-13-11(9-12)5-4-8-17-13/h4-10,14H,3H2,1-2H3,(H,18,19)(H,20,21). The molecule has 5 heteroatoms. The second kappa shape index (κ2) is 6.35. The predicted octanol–water partition coefficient (Wildman–Crippen LogP) is 2.46. The van der Waals surface area contributed by atoms with Gasteiger partial charge in [0.05, 0.1) is 5.52 Å². The second-order valence-corrected chi connectivity index (χ2v) is 5.09. The fourth-order valence-corrected chi connectivity index (χ4v) is 2.12. The molecule has 5 nitrogen and oxygen atoms in total. The first-order chi connectivity index (χ1) is 10.0. The van der Waals surface area contributed by atoms with Crippen molar-refractivity contribution in [2.45, 2.75) is 26.3 Å². The second-order valence-electron chi connectivity index (χ2n) is 5.09. The van der Waals surface area contributed by atoms with Gasteiger partial charge in [0, 0.05) is 17.1 Å². The van der Waals surface area contributed by atoms with Gasteiger partial charge in [0.15, 0.2) is 0 Å². The Balaban J connectivity index is 2.23. The molecule has 2 unspecified atom stereocenters. The fourth-order valence-electron chi connectivity index (χ4n) is 2.12. The third-order valence-corrected chi connectivity index (χ3v) is 3.63. The van der Waals surface area contributed by atoms with Crippen molar-refractivity contribution in [2.24, 2.45) is 5.92 Å². The number of carboxylic acid groups (broad SMARTS) is 1. The molecular formula is C16H18N2O3. The van der Waals surface area contributed by atoms with E-state index in [4.69, 9.17) is 0 Å². The van der Waals surface area contributed by atoms with Crippen molar-refractivity contribution < 1.29 is 14.7 Å². The molecule has 0 fully saturated rings. The summed E-state index contributed by atoms with van der Waals surface area (Å²) in [6.45, 7) is 3.71. The van der Waals surface area contributed by atoms with Crippen LogP contribution in [0.5, 0.6) is 0 Å². The molecule has 0 aliphatic carbocycles. The van der Waals surface area contributed by atoms with Crippen LogP contribution in [0.1, 0.15) is 30.6 Å². The summed E-state index contributed by atoms with van der Waals surface area (Å²) in [4.78, 5) is 27.7. The van der Waals surface area contributed by atoms with Gasteiger partial charge in [0.25, 0.3) is 5.91 Å². The van der Waals surface area contributed by atoms with E-state index in [9.17, 15) is 14.7 Å². The van der Waals surface area contributed by atoms with Crippen LogP contribution < -0.4 is 5.32 Å². The summed E-state index contributed by atoms with van der Waals surface area (Å²) >= 11 is 0. The molecule has 1 heterocycles. The maximum Gasteiger partial charge on any atom is 0.326 e. The average molecular weight is 286 g/mol. The molecule has 0 saturated heterocycles. The minimum Gasteiger partial charge on any atom is -0.480 e. The first-order valence-electron chi connectivity index (χ1n) is 6.91. The molecule has 1 amide bonds. The molecule has 0 aliphatic heterocycles. The lowest BCUT2D eigenvalue weighted by Crippen LogP contribution is -2.45. The Morgan fingerprint density at radius 3 is 2.76 bits per heavy atom. The highest BCUT2D eigenvalue weighted by molar-refractivity contribution is 5.99. The van der Waals surface area contributed by atoms with Gasteiger partial charge in [-0.15, -0.1) is 0 Å². The van der Waals surface area contributed by atoms with Crippen LogP contribution in [0.4, 0.5) is 0 Å². The third kappa shape index (κ3) is 3.37. The summed E-state index contributed by atoms with van der Waals surface area (Å²) in [7, 11) is 0. The molecule has 0 aliphatic rings. The molecular weight excluding hydrogens is 268 g/mol. The smallest absolute Gasteiger partial charge is 0.326 e. The number of hydrogen-bond donors (Lipinski definition) is 2. The van der Waals surface area contributed by atoms with Gasteiger partial charge >= 0.3 is 5.97 Å². The Bertz CT molecular complexity index is 669. The Morgan fingerprint density at radius 2 is 2.10 bits per heavy atom. The Kier molecular flexibility index (Phi) is 4.52. The van der Waals surface area contributed by atoms with Gasteiger partial charge in [0.1, 0.15) is 6.04 Å². The molecule has 0 spiro atoms. The zero-order valence-corrected chi connectivity index (χ0v) is 12.0. The number of hydrogen-bond acceptors (Lipinski definition) is 3. The summed E-state index contributed by atoms with van der Waals surface area (Å²) < 4.78 is 0. The molecule has 0 radical (unpaired) electrons.